The molecule has 0 aliphatic rings. The fourth-order valence-corrected chi connectivity index (χ4v) is 2.98. The fraction of sp³-hybridized carbons (Fsp3) is 0.133. The van der Waals surface area contributed by atoms with E-state index in [-0.39, 0.29) is 10.6 Å². The van der Waals surface area contributed by atoms with Gasteiger partial charge in [0.25, 0.3) is 0 Å². The van der Waals surface area contributed by atoms with Crippen molar-refractivity contribution in [2.75, 3.05) is 12.4 Å². The van der Waals surface area contributed by atoms with E-state index in [1.165, 1.54) is 11.8 Å². The highest BCUT2D eigenvalue weighted by Gasteiger charge is 2.09. The van der Waals surface area contributed by atoms with Crippen LogP contribution in [-0.2, 0) is 0 Å². The molecule has 0 aromatic heterocycles. The third-order valence-corrected chi connectivity index (χ3v) is 4.37. The van der Waals surface area contributed by atoms with Gasteiger partial charge < -0.3 is 9.84 Å². The van der Waals surface area contributed by atoms with Crippen molar-refractivity contribution in [2.24, 2.45) is 0 Å². The zero-order chi connectivity index (χ0) is 15.2. The molecule has 0 saturated carbocycles. The van der Waals surface area contributed by atoms with Gasteiger partial charge in [0.15, 0.2) is 0 Å². The molecule has 0 unspecified atom stereocenters. The molecular weight excluding hydrogens is 376 g/mol. The van der Waals surface area contributed by atoms with Crippen LogP contribution in [0.1, 0.15) is 10.4 Å². The van der Waals surface area contributed by atoms with Crippen molar-refractivity contribution < 1.29 is 14.6 Å². The molecule has 0 fully saturated rings. The quantitative estimate of drug-likeness (QED) is 0.561. The zero-order valence-electron chi connectivity index (χ0n) is 10.9. The van der Waals surface area contributed by atoms with E-state index in [1.807, 2.05) is 24.3 Å². The summed E-state index contributed by atoms with van der Waals surface area (Å²) < 4.78 is 6.59. The third-order valence-electron chi connectivity index (χ3n) is 2.59. The van der Waals surface area contributed by atoms with Crippen LogP contribution in [0.3, 0.4) is 0 Å². The minimum absolute atomic E-state index is 0.120. The Morgan fingerprint density at radius 3 is 2.81 bits per heavy atom. The van der Waals surface area contributed by atoms with Crippen molar-refractivity contribution in [3.05, 3.63) is 57.5 Å². The van der Waals surface area contributed by atoms with Crippen molar-refractivity contribution in [2.45, 2.75) is 4.90 Å². The number of rotatable bonds is 6. The van der Waals surface area contributed by atoms with Gasteiger partial charge in [-0.25, -0.2) is 4.79 Å². The number of thioether (sulfide) groups is 1. The van der Waals surface area contributed by atoms with Gasteiger partial charge in [-0.1, -0.05) is 33.6 Å². The highest BCUT2D eigenvalue weighted by Crippen LogP contribution is 2.25. The summed E-state index contributed by atoms with van der Waals surface area (Å²) >= 11 is 10.7. The second-order valence-electron chi connectivity index (χ2n) is 4.10. The monoisotopic (exact) mass is 386 g/mol. The molecule has 0 amide bonds. The first-order chi connectivity index (χ1) is 10.1. The van der Waals surface area contributed by atoms with Crippen molar-refractivity contribution in [1.29, 1.82) is 0 Å². The first-order valence-corrected chi connectivity index (χ1v) is 8.26. The number of hydrogen-bond donors (Lipinski definition) is 1. The van der Waals surface area contributed by atoms with Gasteiger partial charge >= 0.3 is 5.97 Å². The average molecular weight is 388 g/mol. The maximum atomic E-state index is 11.0. The summed E-state index contributed by atoms with van der Waals surface area (Å²) in [6.07, 6.45) is 0. The van der Waals surface area contributed by atoms with Gasteiger partial charge in [-0.05, 0) is 36.4 Å². The lowest BCUT2D eigenvalue weighted by atomic mass is 10.2. The fourth-order valence-electron chi connectivity index (χ4n) is 1.63. The Kier molecular flexibility index (Phi) is 5.96. The summed E-state index contributed by atoms with van der Waals surface area (Å²) in [5.74, 6) is 0.493. The minimum atomic E-state index is -1.02. The molecule has 110 valence electrons. The molecule has 0 aliphatic carbocycles. The van der Waals surface area contributed by atoms with E-state index in [9.17, 15) is 4.79 Å². The lowest BCUT2D eigenvalue weighted by molar-refractivity contribution is 0.0697. The predicted molar refractivity (Wildman–Crippen MR) is 88.8 cm³/mol. The van der Waals surface area contributed by atoms with E-state index in [0.717, 1.165) is 15.1 Å². The second-order valence-corrected chi connectivity index (χ2v) is 6.59. The van der Waals surface area contributed by atoms with Crippen molar-refractivity contribution in [1.82, 2.24) is 0 Å². The summed E-state index contributed by atoms with van der Waals surface area (Å²) in [5.41, 5.74) is 0.120. The first-order valence-electron chi connectivity index (χ1n) is 6.10. The Balaban J connectivity index is 1.86. The standard InChI is InChI=1S/C15H12BrClO3S/c16-10-2-1-3-11(8-10)20-6-7-21-12-4-5-14(17)13(9-12)15(18)19/h1-5,8-9H,6-7H2,(H,18,19). The zero-order valence-corrected chi connectivity index (χ0v) is 14.0. The number of carbonyl (C=O) groups is 1. The minimum Gasteiger partial charge on any atom is -0.493 e. The van der Waals surface area contributed by atoms with Crippen molar-refractivity contribution in [3.8, 4) is 5.75 Å². The van der Waals surface area contributed by atoms with Crippen LogP contribution >= 0.6 is 39.3 Å². The van der Waals surface area contributed by atoms with E-state index >= 15 is 0 Å². The van der Waals surface area contributed by atoms with Crippen LogP contribution < -0.4 is 4.74 Å². The Bertz CT molecular complexity index is 649. The second kappa shape index (κ2) is 7.73. The maximum absolute atomic E-state index is 11.0. The molecule has 0 spiro atoms. The number of aromatic carboxylic acids is 1. The molecular formula is C15H12BrClO3S. The molecule has 3 nitrogen and oxygen atoms in total. The van der Waals surface area contributed by atoms with Gasteiger partial charge in [-0.3, -0.25) is 0 Å². The molecule has 1 N–H and O–H groups in total. The van der Waals surface area contributed by atoms with Crippen LogP contribution in [0.5, 0.6) is 5.75 Å². The number of benzene rings is 2. The SMILES string of the molecule is O=C(O)c1cc(SCCOc2cccc(Br)c2)ccc1Cl. The highest BCUT2D eigenvalue weighted by atomic mass is 79.9. The lowest BCUT2D eigenvalue weighted by Gasteiger charge is -2.07. The van der Waals surface area contributed by atoms with Gasteiger partial charge in [-0.2, -0.15) is 0 Å². The van der Waals surface area contributed by atoms with E-state index in [2.05, 4.69) is 15.9 Å². The summed E-state index contributed by atoms with van der Waals surface area (Å²) in [4.78, 5) is 11.9. The molecule has 0 bridgehead atoms. The third kappa shape index (κ3) is 4.95. The first kappa shape index (κ1) is 16.2. The maximum Gasteiger partial charge on any atom is 0.337 e. The molecule has 2 aromatic rings. The molecule has 0 atom stereocenters. The normalized spacial score (nSPS) is 10.4. The van der Waals surface area contributed by atoms with Gasteiger partial charge in [0.05, 0.1) is 17.2 Å². The molecule has 0 saturated heterocycles. The Morgan fingerprint density at radius 1 is 1.29 bits per heavy atom. The molecule has 0 heterocycles. The largest absolute Gasteiger partial charge is 0.493 e. The van der Waals surface area contributed by atoms with E-state index in [1.54, 1.807) is 18.2 Å². The van der Waals surface area contributed by atoms with E-state index < -0.39 is 5.97 Å². The van der Waals surface area contributed by atoms with Crippen LogP contribution in [0.2, 0.25) is 5.02 Å². The van der Waals surface area contributed by atoms with Gasteiger partial charge in [0.2, 0.25) is 0 Å². The Labute approximate surface area is 140 Å². The Hall–Kier alpha value is -1.17. The van der Waals surface area contributed by atoms with Crippen LogP contribution in [0.15, 0.2) is 51.8 Å². The number of carboxylic acids is 1. The number of halogens is 2. The van der Waals surface area contributed by atoms with Crippen molar-refractivity contribution >= 4 is 45.3 Å². The van der Waals surface area contributed by atoms with Gasteiger partial charge in [0.1, 0.15) is 5.75 Å². The number of carboxylic acid groups (broad SMARTS) is 1. The predicted octanol–water partition coefficient (Wildman–Crippen LogP) is 4.97. The summed E-state index contributed by atoms with van der Waals surface area (Å²) in [7, 11) is 0. The van der Waals surface area contributed by atoms with Crippen LogP contribution in [0.25, 0.3) is 0 Å². The van der Waals surface area contributed by atoms with E-state index in [4.69, 9.17) is 21.4 Å². The molecule has 0 radical (unpaired) electrons. The van der Waals surface area contributed by atoms with Crippen LogP contribution in [0.4, 0.5) is 0 Å². The molecule has 0 aliphatic heterocycles. The lowest BCUT2D eigenvalue weighted by Crippen LogP contribution is -2.01. The van der Waals surface area contributed by atoms with E-state index in [0.29, 0.717) is 12.4 Å². The average Bonchev–Trinajstić information content (AvgIpc) is 2.45. The summed E-state index contributed by atoms with van der Waals surface area (Å²) in [6, 6.07) is 12.6. The summed E-state index contributed by atoms with van der Waals surface area (Å²) in [5, 5.41) is 9.26. The smallest absolute Gasteiger partial charge is 0.337 e. The van der Waals surface area contributed by atoms with Crippen LogP contribution in [-0.4, -0.2) is 23.4 Å². The number of ether oxygens (including phenoxy) is 1. The Morgan fingerprint density at radius 2 is 2.10 bits per heavy atom. The summed E-state index contributed by atoms with van der Waals surface area (Å²) in [6.45, 7) is 0.534. The number of hydrogen-bond acceptors (Lipinski definition) is 3. The molecule has 2 rings (SSSR count). The topological polar surface area (TPSA) is 46.5 Å². The molecule has 6 heteroatoms. The van der Waals surface area contributed by atoms with Gasteiger partial charge in [-0.15, -0.1) is 11.8 Å². The van der Waals surface area contributed by atoms with Crippen LogP contribution in [0, 0.1) is 0 Å². The highest BCUT2D eigenvalue weighted by molar-refractivity contribution is 9.10. The van der Waals surface area contributed by atoms with Crippen molar-refractivity contribution in [3.63, 3.8) is 0 Å². The molecule has 21 heavy (non-hydrogen) atoms. The molecule has 2 aromatic carbocycles. The van der Waals surface area contributed by atoms with Gasteiger partial charge in [0, 0.05) is 15.1 Å².